The van der Waals surface area contributed by atoms with Gasteiger partial charge in [-0.1, -0.05) is 0 Å². The van der Waals surface area contributed by atoms with Crippen molar-refractivity contribution < 1.29 is 22.9 Å². The van der Waals surface area contributed by atoms with Gasteiger partial charge in [0.2, 0.25) is 0 Å². The molecule has 0 unspecified atom stereocenters. The number of nitro groups is 1. The number of nitrogens with two attached hydrogens (primary N) is 1. The molecule has 0 aliphatic carbocycles. The Balaban J connectivity index is 2.89. The van der Waals surface area contributed by atoms with E-state index in [4.69, 9.17) is 5.73 Å². The summed E-state index contributed by atoms with van der Waals surface area (Å²) in [6.07, 6.45) is -4.19. The molecule has 0 spiro atoms. The third-order valence-corrected chi connectivity index (χ3v) is 2.11. The number of anilines is 1. The number of nitrogens with zero attached hydrogens (tertiary/aromatic N) is 2. The van der Waals surface area contributed by atoms with Crippen molar-refractivity contribution in [1.82, 2.24) is 10.3 Å². The molecule has 2 amide bonds. The second-order valence-electron chi connectivity index (χ2n) is 3.56. The molecule has 0 fully saturated rings. The van der Waals surface area contributed by atoms with Gasteiger partial charge in [-0.15, -0.1) is 0 Å². The van der Waals surface area contributed by atoms with Crippen LogP contribution in [0.25, 0.3) is 0 Å². The highest BCUT2D eigenvalue weighted by Crippen LogP contribution is 2.32. The summed E-state index contributed by atoms with van der Waals surface area (Å²) in [4.78, 5) is 23.2. The van der Waals surface area contributed by atoms with E-state index in [0.29, 0.717) is 12.3 Å². The Hall–Kier alpha value is -2.59. The summed E-state index contributed by atoms with van der Waals surface area (Å²) in [5, 5.41) is 15.3. The standard InChI is InChI=1S/C9H10F3N5O3/c10-9(11,12)7-3-5(6(4-16-7)17(19)20)14-1-2-15-8(13)18/h3-4H,1-2H2,(H,14,16)(H3,13,15,18). The summed E-state index contributed by atoms with van der Waals surface area (Å²) in [7, 11) is 0. The Bertz CT molecular complexity index is 520. The maximum absolute atomic E-state index is 12.5. The topological polar surface area (TPSA) is 123 Å². The molecule has 20 heavy (non-hydrogen) atoms. The molecule has 0 atom stereocenters. The van der Waals surface area contributed by atoms with Crippen molar-refractivity contribution >= 4 is 17.4 Å². The first-order valence-corrected chi connectivity index (χ1v) is 5.20. The number of primary amides is 1. The van der Waals surface area contributed by atoms with E-state index in [1.54, 1.807) is 0 Å². The number of aromatic nitrogens is 1. The first-order chi connectivity index (χ1) is 9.21. The molecule has 0 saturated heterocycles. The zero-order valence-electron chi connectivity index (χ0n) is 9.90. The number of nitrogens with one attached hydrogen (secondary N) is 2. The fourth-order valence-electron chi connectivity index (χ4n) is 1.27. The van der Waals surface area contributed by atoms with Crippen LogP contribution in [0.1, 0.15) is 5.69 Å². The van der Waals surface area contributed by atoms with Gasteiger partial charge in [-0.3, -0.25) is 10.1 Å². The minimum atomic E-state index is -4.71. The van der Waals surface area contributed by atoms with Crippen LogP contribution in [0.3, 0.4) is 0 Å². The molecular formula is C9H10F3N5O3. The fraction of sp³-hybridized carbons (Fsp3) is 0.333. The molecule has 1 aromatic rings. The van der Waals surface area contributed by atoms with Crippen molar-refractivity contribution in [1.29, 1.82) is 0 Å². The normalized spacial score (nSPS) is 10.9. The second kappa shape index (κ2) is 6.04. The van der Waals surface area contributed by atoms with Gasteiger partial charge in [-0.2, -0.15) is 13.2 Å². The zero-order chi connectivity index (χ0) is 15.3. The molecule has 0 radical (unpaired) electrons. The number of hydrogen-bond donors (Lipinski definition) is 3. The van der Waals surface area contributed by atoms with Gasteiger partial charge in [0.25, 0.3) is 0 Å². The van der Waals surface area contributed by atoms with Crippen LogP contribution in [-0.2, 0) is 6.18 Å². The van der Waals surface area contributed by atoms with E-state index in [9.17, 15) is 28.1 Å². The van der Waals surface area contributed by atoms with Gasteiger partial charge in [0, 0.05) is 13.1 Å². The van der Waals surface area contributed by atoms with Gasteiger partial charge < -0.3 is 16.4 Å². The van der Waals surface area contributed by atoms with E-state index in [1.807, 2.05) is 0 Å². The quantitative estimate of drug-likeness (QED) is 0.426. The van der Waals surface area contributed by atoms with Crippen LogP contribution >= 0.6 is 0 Å². The molecule has 11 heteroatoms. The molecule has 1 rings (SSSR count). The maximum Gasteiger partial charge on any atom is 0.433 e. The predicted octanol–water partition coefficient (Wildman–Crippen LogP) is 1.09. The lowest BCUT2D eigenvalue weighted by Crippen LogP contribution is -2.33. The highest BCUT2D eigenvalue weighted by Gasteiger charge is 2.34. The summed E-state index contributed by atoms with van der Waals surface area (Å²) in [6.45, 7) is -0.0404. The SMILES string of the molecule is NC(=O)NCCNc1cc(C(F)(F)F)ncc1[N+](=O)[O-]. The molecule has 0 aliphatic heterocycles. The summed E-state index contributed by atoms with van der Waals surface area (Å²) in [5.41, 5.74) is 2.59. The van der Waals surface area contributed by atoms with Crippen LogP contribution in [0, 0.1) is 10.1 Å². The van der Waals surface area contributed by atoms with Crippen molar-refractivity contribution in [3.8, 4) is 0 Å². The number of carbonyl (C=O) groups is 1. The minimum absolute atomic E-state index is 0.00381. The average molecular weight is 293 g/mol. The molecule has 8 nitrogen and oxygen atoms in total. The first-order valence-electron chi connectivity index (χ1n) is 5.20. The van der Waals surface area contributed by atoms with Gasteiger partial charge in [0.05, 0.1) is 4.92 Å². The van der Waals surface area contributed by atoms with Gasteiger partial charge in [0.1, 0.15) is 17.6 Å². The van der Waals surface area contributed by atoms with Crippen LogP contribution in [0.5, 0.6) is 0 Å². The lowest BCUT2D eigenvalue weighted by atomic mass is 10.2. The summed E-state index contributed by atoms with van der Waals surface area (Å²) in [5.74, 6) is 0. The fourth-order valence-corrected chi connectivity index (χ4v) is 1.27. The third-order valence-electron chi connectivity index (χ3n) is 2.11. The summed E-state index contributed by atoms with van der Waals surface area (Å²) >= 11 is 0. The number of amides is 2. The number of hydrogen-bond acceptors (Lipinski definition) is 5. The zero-order valence-corrected chi connectivity index (χ0v) is 9.90. The van der Waals surface area contributed by atoms with E-state index >= 15 is 0 Å². The monoisotopic (exact) mass is 293 g/mol. The Morgan fingerprint density at radius 3 is 2.60 bits per heavy atom. The van der Waals surface area contributed by atoms with E-state index in [1.165, 1.54) is 0 Å². The Morgan fingerprint density at radius 1 is 1.45 bits per heavy atom. The van der Waals surface area contributed by atoms with E-state index in [-0.39, 0.29) is 18.8 Å². The van der Waals surface area contributed by atoms with Gasteiger partial charge in [0.15, 0.2) is 0 Å². The van der Waals surface area contributed by atoms with Gasteiger partial charge in [-0.05, 0) is 6.07 Å². The minimum Gasteiger partial charge on any atom is -0.378 e. The van der Waals surface area contributed by atoms with Crippen molar-refractivity contribution in [3.63, 3.8) is 0 Å². The van der Waals surface area contributed by atoms with Crippen molar-refractivity contribution in [2.24, 2.45) is 5.73 Å². The Morgan fingerprint density at radius 2 is 2.10 bits per heavy atom. The lowest BCUT2D eigenvalue weighted by molar-refractivity contribution is -0.384. The van der Waals surface area contributed by atoms with Crippen LogP contribution in [0.2, 0.25) is 0 Å². The lowest BCUT2D eigenvalue weighted by Gasteiger charge is -2.10. The number of halogens is 3. The maximum atomic E-state index is 12.5. The third kappa shape index (κ3) is 4.26. The van der Waals surface area contributed by atoms with Crippen molar-refractivity contribution in [2.75, 3.05) is 18.4 Å². The molecule has 0 aromatic carbocycles. The highest BCUT2D eigenvalue weighted by molar-refractivity contribution is 5.71. The smallest absolute Gasteiger partial charge is 0.378 e. The molecule has 0 saturated carbocycles. The molecule has 4 N–H and O–H groups in total. The molecular weight excluding hydrogens is 283 g/mol. The van der Waals surface area contributed by atoms with E-state index in [2.05, 4.69) is 15.6 Å². The number of rotatable bonds is 5. The first kappa shape index (κ1) is 15.5. The van der Waals surface area contributed by atoms with Crippen LogP contribution in [0.15, 0.2) is 12.3 Å². The second-order valence-corrected chi connectivity index (χ2v) is 3.56. The predicted molar refractivity (Wildman–Crippen MR) is 62.0 cm³/mol. The van der Waals surface area contributed by atoms with Crippen molar-refractivity contribution in [2.45, 2.75) is 6.18 Å². The largest absolute Gasteiger partial charge is 0.433 e. The van der Waals surface area contributed by atoms with Crippen LogP contribution in [-0.4, -0.2) is 29.0 Å². The molecule has 1 aromatic heterocycles. The summed E-state index contributed by atoms with van der Waals surface area (Å²) < 4.78 is 37.4. The molecule has 110 valence electrons. The van der Waals surface area contributed by atoms with Crippen LogP contribution < -0.4 is 16.4 Å². The highest BCUT2D eigenvalue weighted by atomic mass is 19.4. The Labute approximate surface area is 110 Å². The average Bonchev–Trinajstić information content (AvgIpc) is 2.32. The number of pyridine rings is 1. The van der Waals surface area contributed by atoms with Crippen LogP contribution in [0.4, 0.5) is 29.3 Å². The van der Waals surface area contributed by atoms with Gasteiger partial charge in [-0.25, -0.2) is 9.78 Å². The van der Waals surface area contributed by atoms with Gasteiger partial charge >= 0.3 is 17.9 Å². The number of urea groups is 1. The number of carbonyl (C=O) groups excluding carboxylic acids is 1. The summed E-state index contributed by atoms with van der Waals surface area (Å²) in [6, 6.07) is -0.283. The van der Waals surface area contributed by atoms with E-state index < -0.39 is 28.5 Å². The molecule has 0 bridgehead atoms. The molecule has 1 heterocycles. The Kier molecular flexibility index (Phi) is 4.67. The molecule has 0 aliphatic rings. The van der Waals surface area contributed by atoms with E-state index in [0.717, 1.165) is 0 Å². The van der Waals surface area contributed by atoms with Crippen molar-refractivity contribution in [3.05, 3.63) is 28.1 Å². The number of alkyl halides is 3.